The van der Waals surface area contributed by atoms with Crippen LogP contribution in [0.2, 0.25) is 0 Å². The molecule has 1 aromatic carbocycles. The molecule has 0 aliphatic carbocycles. The fourth-order valence-electron chi connectivity index (χ4n) is 2.56. The Bertz CT molecular complexity index is 616. The molecule has 24 heavy (non-hydrogen) atoms. The van der Waals surface area contributed by atoms with Gasteiger partial charge in [0, 0.05) is 18.8 Å². The van der Waals surface area contributed by atoms with Gasteiger partial charge >= 0.3 is 12.0 Å². The highest BCUT2D eigenvalue weighted by molar-refractivity contribution is 5.91. The number of hydrogen-bond acceptors (Lipinski definition) is 3. The van der Waals surface area contributed by atoms with Gasteiger partial charge in [-0.2, -0.15) is 0 Å². The van der Waals surface area contributed by atoms with Gasteiger partial charge in [0.15, 0.2) is 0 Å². The molecule has 1 aliphatic heterocycles. The molecule has 0 spiro atoms. The Morgan fingerprint density at radius 2 is 1.88 bits per heavy atom. The molecular weight excluding hydrogens is 310 g/mol. The lowest BCUT2D eigenvalue weighted by atomic mass is 9.95. The maximum absolute atomic E-state index is 12.3. The fraction of sp³-hybridized carbons (Fsp3) is 0.471. The quantitative estimate of drug-likeness (QED) is 0.784. The number of urea groups is 1. The summed E-state index contributed by atoms with van der Waals surface area (Å²) in [5, 5.41) is 14.4. The molecule has 1 atom stereocenters. The molecule has 0 bridgehead atoms. The van der Waals surface area contributed by atoms with Crippen molar-refractivity contribution >= 4 is 23.6 Å². The minimum Gasteiger partial charge on any atom is -0.480 e. The normalized spacial score (nSPS) is 17.9. The summed E-state index contributed by atoms with van der Waals surface area (Å²) < 4.78 is 0. The number of para-hydroxylation sites is 1. The van der Waals surface area contributed by atoms with E-state index in [1.54, 1.807) is 17.0 Å². The number of carboxylic acid groups (broad SMARTS) is 1. The molecule has 1 fully saturated rings. The van der Waals surface area contributed by atoms with Crippen LogP contribution in [0.4, 0.5) is 10.5 Å². The van der Waals surface area contributed by atoms with Crippen LogP contribution >= 0.6 is 0 Å². The van der Waals surface area contributed by atoms with Gasteiger partial charge in [-0.25, -0.2) is 9.59 Å². The number of carbonyl (C=O) groups excluding carboxylic acids is 2. The third kappa shape index (κ3) is 4.47. The van der Waals surface area contributed by atoms with Crippen LogP contribution in [-0.2, 0) is 9.59 Å². The number of aliphatic carboxylic acids is 1. The van der Waals surface area contributed by atoms with Crippen molar-refractivity contribution in [2.75, 3.05) is 18.4 Å². The molecule has 1 aliphatic rings. The number of nitrogens with zero attached hydrogens (tertiary/aromatic N) is 1. The highest BCUT2D eigenvalue weighted by atomic mass is 16.4. The summed E-state index contributed by atoms with van der Waals surface area (Å²) in [6, 6.07) is 8.85. The number of benzene rings is 1. The summed E-state index contributed by atoms with van der Waals surface area (Å²) in [7, 11) is 0. The summed E-state index contributed by atoms with van der Waals surface area (Å²) in [6.07, 6.45) is 1.34. The summed E-state index contributed by atoms with van der Waals surface area (Å²) in [6.45, 7) is 3.73. The van der Waals surface area contributed by atoms with E-state index in [0.29, 0.717) is 25.1 Å². The topological polar surface area (TPSA) is 98.7 Å². The van der Waals surface area contributed by atoms with Crippen LogP contribution < -0.4 is 10.6 Å². The summed E-state index contributed by atoms with van der Waals surface area (Å²) in [5.74, 6) is -1.83. The number of rotatable bonds is 4. The standard InChI is InChI=1S/C17H23N3O4/c1-17(2,15(22)23)19-14(21)12-7-6-10-20(11-12)16(24)18-13-8-4-3-5-9-13/h3-5,8-9,12H,6-7,10-11H2,1-2H3,(H,18,24)(H,19,21)(H,22,23)/t12-/m1/s1. The Morgan fingerprint density at radius 1 is 1.21 bits per heavy atom. The summed E-state index contributed by atoms with van der Waals surface area (Å²) in [4.78, 5) is 37.3. The van der Waals surface area contributed by atoms with Crippen LogP contribution in [0.3, 0.4) is 0 Å². The smallest absolute Gasteiger partial charge is 0.328 e. The Morgan fingerprint density at radius 3 is 2.50 bits per heavy atom. The molecule has 3 amide bonds. The lowest BCUT2D eigenvalue weighted by Crippen LogP contribution is -2.54. The highest BCUT2D eigenvalue weighted by Gasteiger charge is 2.34. The average Bonchev–Trinajstić information content (AvgIpc) is 2.55. The number of anilines is 1. The summed E-state index contributed by atoms with van der Waals surface area (Å²) >= 11 is 0. The Balaban J connectivity index is 1.95. The molecule has 2 rings (SSSR count). The van der Waals surface area contributed by atoms with E-state index in [9.17, 15) is 14.4 Å². The van der Waals surface area contributed by atoms with E-state index < -0.39 is 17.4 Å². The van der Waals surface area contributed by atoms with Crippen molar-refractivity contribution in [3.05, 3.63) is 30.3 Å². The maximum atomic E-state index is 12.3. The molecule has 0 unspecified atom stereocenters. The van der Waals surface area contributed by atoms with E-state index in [1.807, 2.05) is 18.2 Å². The van der Waals surface area contributed by atoms with Crippen LogP contribution in [0.15, 0.2) is 30.3 Å². The van der Waals surface area contributed by atoms with E-state index in [4.69, 9.17) is 5.11 Å². The first-order valence-corrected chi connectivity index (χ1v) is 7.96. The van der Waals surface area contributed by atoms with Crippen molar-refractivity contribution in [1.82, 2.24) is 10.2 Å². The van der Waals surface area contributed by atoms with Gasteiger partial charge < -0.3 is 20.6 Å². The van der Waals surface area contributed by atoms with Crippen LogP contribution in [0.25, 0.3) is 0 Å². The first-order valence-electron chi connectivity index (χ1n) is 7.96. The number of carbonyl (C=O) groups is 3. The van der Waals surface area contributed by atoms with Crippen LogP contribution in [0, 0.1) is 5.92 Å². The van der Waals surface area contributed by atoms with Gasteiger partial charge in [0.25, 0.3) is 0 Å². The van der Waals surface area contributed by atoms with Crippen molar-refractivity contribution < 1.29 is 19.5 Å². The number of carboxylic acids is 1. The second-order valence-corrected chi connectivity index (χ2v) is 6.50. The van der Waals surface area contributed by atoms with Crippen LogP contribution in [0.5, 0.6) is 0 Å². The number of nitrogens with one attached hydrogen (secondary N) is 2. The van der Waals surface area contributed by atoms with E-state index in [0.717, 1.165) is 0 Å². The molecule has 130 valence electrons. The Hall–Kier alpha value is -2.57. The highest BCUT2D eigenvalue weighted by Crippen LogP contribution is 2.19. The van der Waals surface area contributed by atoms with E-state index >= 15 is 0 Å². The first-order chi connectivity index (χ1) is 11.3. The molecule has 0 aromatic heterocycles. The molecule has 7 heteroatoms. The predicted molar refractivity (Wildman–Crippen MR) is 89.6 cm³/mol. The monoisotopic (exact) mass is 333 g/mol. The average molecular weight is 333 g/mol. The van der Waals surface area contributed by atoms with Crippen molar-refractivity contribution in [2.45, 2.75) is 32.2 Å². The molecule has 1 aromatic rings. The van der Waals surface area contributed by atoms with Gasteiger partial charge in [-0.05, 0) is 38.8 Å². The maximum Gasteiger partial charge on any atom is 0.328 e. The lowest BCUT2D eigenvalue weighted by Gasteiger charge is -2.33. The zero-order valence-electron chi connectivity index (χ0n) is 13.9. The minimum absolute atomic E-state index is 0.254. The zero-order chi connectivity index (χ0) is 17.7. The SMILES string of the molecule is CC(C)(NC(=O)[C@@H]1CCCN(C(=O)Nc2ccccc2)C1)C(=O)O. The molecule has 7 nitrogen and oxygen atoms in total. The molecular formula is C17H23N3O4. The van der Waals surface area contributed by atoms with Gasteiger partial charge in [-0.15, -0.1) is 0 Å². The lowest BCUT2D eigenvalue weighted by molar-refractivity contribution is -0.147. The third-order valence-corrected chi connectivity index (χ3v) is 4.07. The second-order valence-electron chi connectivity index (χ2n) is 6.50. The van der Waals surface area contributed by atoms with Gasteiger partial charge in [-0.3, -0.25) is 4.79 Å². The first kappa shape index (κ1) is 17.8. The Kier molecular flexibility index (Phi) is 5.43. The number of amides is 3. The van der Waals surface area contributed by atoms with E-state index in [1.165, 1.54) is 13.8 Å². The van der Waals surface area contributed by atoms with Crippen molar-refractivity contribution in [3.8, 4) is 0 Å². The Labute approximate surface area is 141 Å². The second kappa shape index (κ2) is 7.33. The predicted octanol–water partition coefficient (Wildman–Crippen LogP) is 1.91. The van der Waals surface area contributed by atoms with Gasteiger partial charge in [0.05, 0.1) is 5.92 Å². The van der Waals surface area contributed by atoms with Crippen molar-refractivity contribution in [1.29, 1.82) is 0 Å². The van der Waals surface area contributed by atoms with Crippen LogP contribution in [-0.4, -0.2) is 46.5 Å². The van der Waals surface area contributed by atoms with Crippen molar-refractivity contribution in [3.63, 3.8) is 0 Å². The van der Waals surface area contributed by atoms with Crippen molar-refractivity contribution in [2.24, 2.45) is 5.92 Å². The van der Waals surface area contributed by atoms with E-state index in [2.05, 4.69) is 10.6 Å². The third-order valence-electron chi connectivity index (χ3n) is 4.07. The summed E-state index contributed by atoms with van der Waals surface area (Å²) in [5.41, 5.74) is -0.632. The zero-order valence-corrected chi connectivity index (χ0v) is 13.9. The number of likely N-dealkylation sites (tertiary alicyclic amines) is 1. The van der Waals surface area contributed by atoms with Gasteiger partial charge in [0.1, 0.15) is 5.54 Å². The molecule has 1 saturated heterocycles. The molecule has 0 saturated carbocycles. The van der Waals surface area contributed by atoms with Crippen LogP contribution in [0.1, 0.15) is 26.7 Å². The van der Waals surface area contributed by atoms with Gasteiger partial charge in [-0.1, -0.05) is 18.2 Å². The number of hydrogen-bond donors (Lipinski definition) is 3. The largest absolute Gasteiger partial charge is 0.480 e. The molecule has 1 heterocycles. The van der Waals surface area contributed by atoms with Gasteiger partial charge in [0.2, 0.25) is 5.91 Å². The minimum atomic E-state index is -1.33. The number of piperidine rings is 1. The fourth-order valence-corrected chi connectivity index (χ4v) is 2.56. The molecule has 0 radical (unpaired) electrons. The molecule has 3 N–H and O–H groups in total. The van der Waals surface area contributed by atoms with E-state index in [-0.39, 0.29) is 18.5 Å².